The summed E-state index contributed by atoms with van der Waals surface area (Å²) in [5.74, 6) is 1.27. The van der Waals surface area contributed by atoms with E-state index in [1.807, 2.05) is 0 Å². The van der Waals surface area contributed by atoms with Crippen LogP contribution in [0.1, 0.15) is 12.5 Å². The molecule has 1 unspecified atom stereocenters. The first-order valence-corrected chi connectivity index (χ1v) is 9.02. The van der Waals surface area contributed by atoms with Gasteiger partial charge in [-0.05, 0) is 48.9 Å². The molecule has 148 valence electrons. The molecule has 3 rings (SSSR count). The van der Waals surface area contributed by atoms with Crippen molar-refractivity contribution in [2.24, 2.45) is 0 Å². The van der Waals surface area contributed by atoms with Crippen LogP contribution in [0.5, 0.6) is 17.2 Å². The topological polar surface area (TPSA) is 77.1 Å². The van der Waals surface area contributed by atoms with Crippen LogP contribution in [0.25, 0.3) is 0 Å². The molecule has 1 saturated heterocycles. The van der Waals surface area contributed by atoms with Gasteiger partial charge in [-0.2, -0.15) is 0 Å². The van der Waals surface area contributed by atoms with Crippen molar-refractivity contribution in [1.29, 1.82) is 0 Å². The van der Waals surface area contributed by atoms with Gasteiger partial charge < -0.3 is 19.5 Å². The van der Waals surface area contributed by atoms with Gasteiger partial charge in [0.2, 0.25) is 0 Å². The molecule has 0 aromatic heterocycles. The number of halogens is 1. The first kappa shape index (κ1) is 19.8. The van der Waals surface area contributed by atoms with Crippen LogP contribution in [0.3, 0.4) is 0 Å². The Hall–Kier alpha value is -2.93. The normalized spacial score (nSPS) is 18.8. The van der Waals surface area contributed by atoms with Crippen molar-refractivity contribution < 1.29 is 23.8 Å². The molecule has 1 N–H and O–H groups in total. The third-order valence-electron chi connectivity index (χ3n) is 4.63. The molecule has 0 bridgehead atoms. The van der Waals surface area contributed by atoms with Crippen molar-refractivity contribution in [3.8, 4) is 17.2 Å². The predicted octanol–water partition coefficient (Wildman–Crippen LogP) is 3.20. The Labute approximate surface area is 168 Å². The van der Waals surface area contributed by atoms with Crippen molar-refractivity contribution in [3.05, 3.63) is 53.1 Å². The number of nitrogens with one attached hydrogen (secondary N) is 1. The smallest absolute Gasteiger partial charge is 0.325 e. The van der Waals surface area contributed by atoms with E-state index in [1.165, 1.54) is 14.2 Å². The van der Waals surface area contributed by atoms with Crippen molar-refractivity contribution >= 4 is 23.5 Å². The highest BCUT2D eigenvalue weighted by Crippen LogP contribution is 2.35. The first-order valence-electron chi connectivity index (χ1n) is 8.64. The highest BCUT2D eigenvalue weighted by Gasteiger charge is 2.49. The molecule has 1 aliphatic rings. The number of imide groups is 1. The molecule has 1 atom stereocenters. The molecule has 7 nitrogen and oxygen atoms in total. The summed E-state index contributed by atoms with van der Waals surface area (Å²) in [7, 11) is 3.05. The Balaban J connectivity index is 1.72. The van der Waals surface area contributed by atoms with Crippen molar-refractivity contribution in [2.45, 2.75) is 12.5 Å². The van der Waals surface area contributed by atoms with Gasteiger partial charge in [-0.3, -0.25) is 9.69 Å². The Morgan fingerprint density at radius 3 is 2.36 bits per heavy atom. The summed E-state index contributed by atoms with van der Waals surface area (Å²) in [5, 5.41) is 3.36. The Morgan fingerprint density at radius 1 is 1.04 bits per heavy atom. The molecular weight excluding hydrogens is 384 g/mol. The summed E-state index contributed by atoms with van der Waals surface area (Å²) in [6.07, 6.45) is 0. The van der Waals surface area contributed by atoms with Gasteiger partial charge >= 0.3 is 6.03 Å². The van der Waals surface area contributed by atoms with E-state index in [1.54, 1.807) is 49.4 Å². The largest absolute Gasteiger partial charge is 0.493 e. The highest BCUT2D eigenvalue weighted by molar-refractivity contribution is 6.30. The lowest BCUT2D eigenvalue weighted by Gasteiger charge is -2.23. The quantitative estimate of drug-likeness (QED) is 0.717. The average Bonchev–Trinajstić information content (AvgIpc) is 2.92. The number of amides is 3. The number of hydrogen-bond donors (Lipinski definition) is 1. The fourth-order valence-electron chi connectivity index (χ4n) is 3.03. The standard InChI is InChI=1S/C20H21ClN2O5/c1-20(13-4-9-16(26-2)17(12-13)27-3)18(24)23(19(25)22-20)10-11-28-15-7-5-14(21)6-8-15/h4-9,12H,10-11H2,1-3H3,(H,22,25). The molecule has 0 radical (unpaired) electrons. The van der Waals surface area contributed by atoms with Crippen LogP contribution in [0, 0.1) is 0 Å². The summed E-state index contributed by atoms with van der Waals surface area (Å²) >= 11 is 5.84. The second-order valence-corrected chi connectivity index (χ2v) is 6.82. The number of urea groups is 1. The van der Waals surface area contributed by atoms with E-state index in [9.17, 15) is 9.59 Å². The Bertz CT molecular complexity index is 887. The van der Waals surface area contributed by atoms with E-state index in [-0.39, 0.29) is 19.1 Å². The third-order valence-corrected chi connectivity index (χ3v) is 4.89. The molecule has 2 aromatic rings. The van der Waals surface area contributed by atoms with Gasteiger partial charge in [0.05, 0.1) is 20.8 Å². The predicted molar refractivity (Wildman–Crippen MR) is 104 cm³/mol. The van der Waals surface area contributed by atoms with Crippen molar-refractivity contribution in [1.82, 2.24) is 10.2 Å². The van der Waals surface area contributed by atoms with Gasteiger partial charge in [0.15, 0.2) is 11.5 Å². The maximum Gasteiger partial charge on any atom is 0.325 e. The highest BCUT2D eigenvalue weighted by atomic mass is 35.5. The SMILES string of the molecule is COc1ccc(C2(C)NC(=O)N(CCOc3ccc(Cl)cc3)C2=O)cc1OC. The summed E-state index contributed by atoms with van der Waals surface area (Å²) in [6.45, 7) is 1.95. The number of methoxy groups -OCH3 is 2. The Kier molecular flexibility index (Phi) is 5.65. The number of nitrogens with zero attached hydrogens (tertiary/aromatic N) is 1. The van der Waals surface area contributed by atoms with Gasteiger partial charge in [0.1, 0.15) is 17.9 Å². The fourth-order valence-corrected chi connectivity index (χ4v) is 3.15. The van der Waals surface area contributed by atoms with Crippen LogP contribution in [-0.4, -0.2) is 44.2 Å². The van der Waals surface area contributed by atoms with Gasteiger partial charge in [0, 0.05) is 5.02 Å². The number of rotatable bonds is 7. The second kappa shape index (κ2) is 7.98. The van der Waals surface area contributed by atoms with Crippen molar-refractivity contribution in [2.75, 3.05) is 27.4 Å². The molecule has 0 spiro atoms. The summed E-state index contributed by atoms with van der Waals surface area (Å²) < 4.78 is 16.1. The number of carbonyl (C=O) groups is 2. The molecule has 8 heteroatoms. The minimum atomic E-state index is -1.20. The van der Waals surface area contributed by atoms with E-state index in [4.69, 9.17) is 25.8 Å². The van der Waals surface area contributed by atoms with Crippen LogP contribution in [0.4, 0.5) is 4.79 Å². The minimum Gasteiger partial charge on any atom is -0.493 e. The average molecular weight is 405 g/mol. The van der Waals surface area contributed by atoms with Crippen LogP contribution in [-0.2, 0) is 10.3 Å². The van der Waals surface area contributed by atoms with E-state index in [0.717, 1.165) is 4.90 Å². The first-order chi connectivity index (χ1) is 13.4. The zero-order valence-electron chi connectivity index (χ0n) is 15.8. The van der Waals surface area contributed by atoms with E-state index in [2.05, 4.69) is 5.32 Å². The van der Waals surface area contributed by atoms with E-state index >= 15 is 0 Å². The number of hydrogen-bond acceptors (Lipinski definition) is 5. The van der Waals surface area contributed by atoms with Crippen LogP contribution in [0.15, 0.2) is 42.5 Å². The molecule has 1 fully saturated rings. The third kappa shape index (κ3) is 3.71. The van der Waals surface area contributed by atoms with Crippen LogP contribution >= 0.6 is 11.6 Å². The lowest BCUT2D eigenvalue weighted by Crippen LogP contribution is -2.41. The zero-order valence-corrected chi connectivity index (χ0v) is 16.6. The fraction of sp³-hybridized carbons (Fsp3) is 0.300. The van der Waals surface area contributed by atoms with Crippen LogP contribution < -0.4 is 19.5 Å². The van der Waals surface area contributed by atoms with Gasteiger partial charge in [-0.25, -0.2) is 4.79 Å². The maximum atomic E-state index is 13.0. The zero-order chi connectivity index (χ0) is 20.3. The van der Waals surface area contributed by atoms with E-state index in [0.29, 0.717) is 27.8 Å². The second-order valence-electron chi connectivity index (χ2n) is 6.38. The maximum absolute atomic E-state index is 13.0. The van der Waals surface area contributed by atoms with E-state index < -0.39 is 11.6 Å². The molecular formula is C20H21ClN2O5. The van der Waals surface area contributed by atoms with Crippen LogP contribution in [0.2, 0.25) is 5.02 Å². The summed E-state index contributed by atoms with van der Waals surface area (Å²) in [5.41, 5.74) is -0.596. The lowest BCUT2D eigenvalue weighted by molar-refractivity contribution is -0.131. The molecule has 28 heavy (non-hydrogen) atoms. The summed E-state index contributed by atoms with van der Waals surface area (Å²) in [4.78, 5) is 26.5. The van der Waals surface area contributed by atoms with Crippen molar-refractivity contribution in [3.63, 3.8) is 0 Å². The molecule has 1 aliphatic heterocycles. The number of ether oxygens (including phenoxy) is 3. The molecule has 2 aromatic carbocycles. The monoisotopic (exact) mass is 404 g/mol. The van der Waals surface area contributed by atoms with Gasteiger partial charge in [-0.1, -0.05) is 17.7 Å². The molecule has 0 saturated carbocycles. The van der Waals surface area contributed by atoms with Gasteiger partial charge in [0.25, 0.3) is 5.91 Å². The number of benzene rings is 2. The molecule has 1 heterocycles. The minimum absolute atomic E-state index is 0.121. The summed E-state index contributed by atoms with van der Waals surface area (Å²) in [6, 6.07) is 11.5. The van der Waals surface area contributed by atoms with Gasteiger partial charge in [-0.15, -0.1) is 0 Å². The lowest BCUT2D eigenvalue weighted by atomic mass is 9.91. The Morgan fingerprint density at radius 2 is 1.71 bits per heavy atom. The number of carbonyl (C=O) groups excluding carboxylic acids is 2. The molecule has 3 amide bonds. The molecule has 0 aliphatic carbocycles.